The smallest absolute Gasteiger partial charge is 0.247 e. The van der Waals surface area contributed by atoms with Crippen molar-refractivity contribution < 1.29 is 19.5 Å². The van der Waals surface area contributed by atoms with E-state index in [2.05, 4.69) is 10.6 Å². The highest BCUT2D eigenvalue weighted by atomic mass is 16.5. The van der Waals surface area contributed by atoms with Gasteiger partial charge in [-0.3, -0.25) is 20.9 Å². The summed E-state index contributed by atoms with van der Waals surface area (Å²) in [6.07, 6.45) is 0. The molecule has 0 heterocycles. The number of hydroxylamine groups is 1. The van der Waals surface area contributed by atoms with E-state index in [4.69, 9.17) is 20.1 Å². The second-order valence-corrected chi connectivity index (χ2v) is 6.99. The third-order valence-electron chi connectivity index (χ3n) is 4.88. The summed E-state index contributed by atoms with van der Waals surface area (Å²) in [6.45, 7) is 0.386. The van der Waals surface area contributed by atoms with Crippen LogP contribution in [0.5, 0.6) is 11.5 Å². The number of hydrogen-bond acceptors (Lipinski definition) is 6. The highest BCUT2D eigenvalue weighted by Gasteiger charge is 2.22. The molecular formula is C24H26N4O4. The van der Waals surface area contributed by atoms with Gasteiger partial charge in [-0.25, -0.2) is 0 Å². The highest BCUT2D eigenvalue weighted by Crippen LogP contribution is 2.29. The highest BCUT2D eigenvalue weighted by molar-refractivity contribution is 5.95. The number of nitrogens with one attached hydrogen (secondary N) is 4. The zero-order chi connectivity index (χ0) is 22.9. The SMILES string of the molecule is COc1cc(OC)cc([C@H](Nc2ccc(C(=N)NO)cc2)C(=O)NCc2ccccc2)c1. The van der Waals surface area contributed by atoms with E-state index in [0.717, 1.165) is 5.56 Å². The minimum Gasteiger partial charge on any atom is -0.497 e. The number of rotatable bonds is 9. The van der Waals surface area contributed by atoms with E-state index in [0.29, 0.717) is 34.9 Å². The van der Waals surface area contributed by atoms with Crippen molar-refractivity contribution in [2.24, 2.45) is 0 Å². The maximum Gasteiger partial charge on any atom is 0.247 e. The predicted octanol–water partition coefficient (Wildman–Crippen LogP) is 3.48. The molecule has 0 bridgehead atoms. The van der Waals surface area contributed by atoms with Crippen LogP contribution in [0.2, 0.25) is 0 Å². The minimum absolute atomic E-state index is 0.119. The topological polar surface area (TPSA) is 116 Å². The van der Waals surface area contributed by atoms with E-state index in [1.165, 1.54) is 0 Å². The van der Waals surface area contributed by atoms with Crippen LogP contribution in [0.1, 0.15) is 22.7 Å². The Labute approximate surface area is 186 Å². The molecule has 5 N–H and O–H groups in total. The van der Waals surface area contributed by atoms with Crippen molar-refractivity contribution in [3.05, 3.63) is 89.5 Å². The number of ether oxygens (including phenoxy) is 2. The van der Waals surface area contributed by atoms with Crippen molar-refractivity contribution in [3.63, 3.8) is 0 Å². The van der Waals surface area contributed by atoms with Crippen LogP contribution in [0.3, 0.4) is 0 Å². The largest absolute Gasteiger partial charge is 0.497 e. The molecular weight excluding hydrogens is 408 g/mol. The van der Waals surface area contributed by atoms with Gasteiger partial charge in [0.25, 0.3) is 0 Å². The third kappa shape index (κ3) is 5.77. The fraction of sp³-hybridized carbons (Fsp3) is 0.167. The molecule has 1 atom stereocenters. The lowest BCUT2D eigenvalue weighted by Crippen LogP contribution is -2.33. The van der Waals surface area contributed by atoms with Crippen molar-refractivity contribution in [2.45, 2.75) is 12.6 Å². The van der Waals surface area contributed by atoms with Crippen LogP contribution in [0.15, 0.2) is 72.8 Å². The summed E-state index contributed by atoms with van der Waals surface area (Å²) in [5, 5.41) is 22.8. The molecule has 3 aromatic carbocycles. The number of amides is 1. The Kier molecular flexibility index (Phi) is 7.66. The van der Waals surface area contributed by atoms with E-state index >= 15 is 0 Å². The van der Waals surface area contributed by atoms with Crippen LogP contribution >= 0.6 is 0 Å². The lowest BCUT2D eigenvalue weighted by Gasteiger charge is -2.21. The average molecular weight is 434 g/mol. The number of carbonyl (C=O) groups is 1. The van der Waals surface area contributed by atoms with Crippen molar-refractivity contribution >= 4 is 17.4 Å². The van der Waals surface area contributed by atoms with Crippen molar-refractivity contribution in [1.82, 2.24) is 10.8 Å². The lowest BCUT2D eigenvalue weighted by molar-refractivity contribution is -0.122. The van der Waals surface area contributed by atoms with Gasteiger partial charge in [0.15, 0.2) is 0 Å². The molecule has 0 fully saturated rings. The van der Waals surface area contributed by atoms with E-state index in [9.17, 15) is 4.79 Å². The Morgan fingerprint density at radius 1 is 0.969 bits per heavy atom. The van der Waals surface area contributed by atoms with Gasteiger partial charge in [-0.05, 0) is 47.5 Å². The molecule has 0 spiro atoms. The summed E-state index contributed by atoms with van der Waals surface area (Å²) in [4.78, 5) is 13.2. The Morgan fingerprint density at radius 3 is 2.16 bits per heavy atom. The van der Waals surface area contributed by atoms with Gasteiger partial charge in [-0.15, -0.1) is 0 Å². The monoisotopic (exact) mass is 434 g/mol. The Hall–Kier alpha value is -4.04. The number of anilines is 1. The van der Waals surface area contributed by atoms with Crippen LogP contribution in [0.4, 0.5) is 5.69 Å². The molecule has 0 aromatic heterocycles. The minimum atomic E-state index is -0.732. The number of methoxy groups -OCH3 is 2. The van der Waals surface area contributed by atoms with E-state index < -0.39 is 6.04 Å². The molecule has 0 radical (unpaired) electrons. The maximum absolute atomic E-state index is 13.2. The lowest BCUT2D eigenvalue weighted by atomic mass is 10.0. The number of hydrogen-bond donors (Lipinski definition) is 5. The summed E-state index contributed by atoms with van der Waals surface area (Å²) >= 11 is 0. The molecule has 0 aliphatic rings. The molecule has 0 saturated carbocycles. The van der Waals surface area contributed by atoms with Crippen molar-refractivity contribution in [3.8, 4) is 11.5 Å². The van der Waals surface area contributed by atoms with Gasteiger partial charge in [0.1, 0.15) is 23.4 Å². The van der Waals surface area contributed by atoms with Crippen LogP contribution in [-0.4, -0.2) is 31.2 Å². The summed E-state index contributed by atoms with van der Waals surface area (Å²) in [5.41, 5.74) is 4.64. The first-order valence-corrected chi connectivity index (χ1v) is 9.94. The molecule has 0 unspecified atom stereocenters. The summed E-state index contributed by atoms with van der Waals surface area (Å²) < 4.78 is 10.7. The zero-order valence-corrected chi connectivity index (χ0v) is 17.9. The second-order valence-electron chi connectivity index (χ2n) is 6.99. The molecule has 8 nitrogen and oxygen atoms in total. The third-order valence-corrected chi connectivity index (χ3v) is 4.88. The van der Waals surface area contributed by atoms with Gasteiger partial charge >= 0.3 is 0 Å². The maximum atomic E-state index is 13.2. The number of carbonyl (C=O) groups excluding carboxylic acids is 1. The summed E-state index contributed by atoms with van der Waals surface area (Å²) in [7, 11) is 3.11. The Balaban J connectivity index is 1.88. The van der Waals surface area contributed by atoms with Gasteiger partial charge in [0.2, 0.25) is 5.91 Å². The van der Waals surface area contributed by atoms with Gasteiger partial charge in [-0.1, -0.05) is 30.3 Å². The quantitative estimate of drug-likeness (QED) is 0.200. The first kappa shape index (κ1) is 22.6. The molecule has 0 aliphatic carbocycles. The molecule has 32 heavy (non-hydrogen) atoms. The normalized spacial score (nSPS) is 11.2. The van der Waals surface area contributed by atoms with E-state index in [1.54, 1.807) is 56.7 Å². The van der Waals surface area contributed by atoms with Gasteiger partial charge in [0, 0.05) is 23.9 Å². The fourth-order valence-corrected chi connectivity index (χ4v) is 3.15. The first-order chi connectivity index (χ1) is 15.5. The number of benzene rings is 3. The van der Waals surface area contributed by atoms with E-state index in [-0.39, 0.29) is 11.7 Å². The first-order valence-electron chi connectivity index (χ1n) is 9.94. The van der Waals surface area contributed by atoms with Crippen molar-refractivity contribution in [1.29, 1.82) is 5.41 Å². The molecule has 3 aromatic rings. The Morgan fingerprint density at radius 2 is 1.59 bits per heavy atom. The molecule has 1 amide bonds. The molecule has 3 rings (SSSR count). The van der Waals surface area contributed by atoms with Crippen molar-refractivity contribution in [2.75, 3.05) is 19.5 Å². The predicted molar refractivity (Wildman–Crippen MR) is 122 cm³/mol. The van der Waals surface area contributed by atoms with Gasteiger partial charge < -0.3 is 20.1 Å². The summed E-state index contributed by atoms with van der Waals surface area (Å²) in [5.74, 6) is 0.795. The van der Waals surface area contributed by atoms with Gasteiger partial charge in [-0.2, -0.15) is 0 Å². The van der Waals surface area contributed by atoms with Gasteiger partial charge in [0.05, 0.1) is 14.2 Å². The second kappa shape index (κ2) is 10.8. The van der Waals surface area contributed by atoms with E-state index in [1.807, 2.05) is 35.8 Å². The molecule has 166 valence electrons. The van der Waals surface area contributed by atoms with Crippen LogP contribution in [-0.2, 0) is 11.3 Å². The molecule has 8 heteroatoms. The average Bonchev–Trinajstić information content (AvgIpc) is 2.85. The van der Waals surface area contributed by atoms with Crippen LogP contribution < -0.4 is 25.6 Å². The van der Waals surface area contributed by atoms with Crippen LogP contribution in [0.25, 0.3) is 0 Å². The molecule has 0 aliphatic heterocycles. The zero-order valence-electron chi connectivity index (χ0n) is 17.9. The summed E-state index contributed by atoms with van der Waals surface area (Å²) in [6, 6.07) is 21.0. The standard InChI is InChI=1S/C24H26N4O4/c1-31-20-12-18(13-21(14-20)32-2)22(24(29)26-15-16-6-4-3-5-7-16)27-19-10-8-17(9-11-19)23(25)28-30/h3-14,22,27,30H,15H2,1-2H3,(H2,25,28)(H,26,29)/t22-/m0/s1. The molecule has 0 saturated heterocycles. The fourth-order valence-electron chi connectivity index (χ4n) is 3.15. The number of amidine groups is 1. The Bertz CT molecular complexity index is 1030. The van der Waals surface area contributed by atoms with Crippen LogP contribution in [0, 0.1) is 5.41 Å².